The Labute approximate surface area is 276 Å². The largest absolute Gasteiger partial charge is 0.385 e. The van der Waals surface area contributed by atoms with Gasteiger partial charge in [0.2, 0.25) is 0 Å². The molecule has 6 heteroatoms. The summed E-state index contributed by atoms with van der Waals surface area (Å²) in [5, 5.41) is 21.1. The Kier molecular flexibility index (Phi) is 30.0. The first kappa shape index (κ1) is 43.8. The molecule has 44 heavy (non-hydrogen) atoms. The van der Waals surface area contributed by atoms with Crippen LogP contribution in [0.4, 0.5) is 0 Å². The number of hydrogen-bond donors (Lipinski definition) is 2. The SMILES string of the molecule is CCCCCCCCCCCCOCC(O)C[N+](C)(C)CCCC[N+](C)(C)CC(O)COCCCCCCCCCCCC. The Hall–Kier alpha value is -0.240. The number of aliphatic hydroxyl groups excluding tert-OH is 2. The summed E-state index contributed by atoms with van der Waals surface area (Å²) in [7, 11) is 8.84. The zero-order valence-electron chi connectivity index (χ0n) is 31.0. The van der Waals surface area contributed by atoms with Crippen LogP contribution in [-0.4, -0.2) is 112 Å². The molecule has 0 amide bonds. The molecule has 0 heterocycles. The maximum absolute atomic E-state index is 10.5. The lowest BCUT2D eigenvalue weighted by molar-refractivity contribution is -0.899. The van der Waals surface area contributed by atoms with Gasteiger partial charge in [-0.1, -0.05) is 129 Å². The van der Waals surface area contributed by atoms with Gasteiger partial charge in [0.1, 0.15) is 25.3 Å². The molecular weight excluding hydrogens is 548 g/mol. The van der Waals surface area contributed by atoms with Crippen molar-refractivity contribution in [3.8, 4) is 0 Å². The standard InChI is InChI=1S/C38H82N2O4/c1-7-9-11-13-15-17-19-21-23-27-31-43-35-37(41)33-39(3,4)29-25-26-30-40(5,6)34-38(42)36-44-32-28-24-22-20-18-16-14-12-10-8-2/h37-38,41-42H,7-36H2,1-6H3/q+2. The van der Waals surface area contributed by atoms with Gasteiger partial charge in [-0.3, -0.25) is 0 Å². The summed E-state index contributed by atoms with van der Waals surface area (Å²) in [6.45, 7) is 10.5. The van der Waals surface area contributed by atoms with E-state index < -0.39 is 12.2 Å². The van der Waals surface area contributed by atoms with E-state index >= 15 is 0 Å². The number of nitrogens with zero attached hydrogens (tertiary/aromatic N) is 2. The molecule has 0 aromatic carbocycles. The molecule has 0 fully saturated rings. The third kappa shape index (κ3) is 31.7. The van der Waals surface area contributed by atoms with Crippen LogP contribution in [0.15, 0.2) is 0 Å². The van der Waals surface area contributed by atoms with Gasteiger partial charge < -0.3 is 28.7 Å². The van der Waals surface area contributed by atoms with Gasteiger partial charge in [0.05, 0.1) is 54.5 Å². The maximum Gasteiger partial charge on any atom is 0.126 e. The van der Waals surface area contributed by atoms with Crippen LogP contribution in [0.25, 0.3) is 0 Å². The van der Waals surface area contributed by atoms with Gasteiger partial charge in [0.25, 0.3) is 0 Å². The Morgan fingerprint density at radius 3 is 0.977 bits per heavy atom. The molecule has 2 N–H and O–H groups in total. The van der Waals surface area contributed by atoms with Crippen LogP contribution in [0, 0.1) is 0 Å². The molecule has 0 radical (unpaired) electrons. The summed E-state index contributed by atoms with van der Waals surface area (Å²) in [4.78, 5) is 0. The number of rotatable bonds is 35. The lowest BCUT2D eigenvalue weighted by atomic mass is 10.1. The average Bonchev–Trinajstić information content (AvgIpc) is 2.96. The molecular formula is C38H82N2O4+2. The molecule has 0 aromatic heterocycles. The number of unbranched alkanes of at least 4 members (excludes halogenated alkanes) is 19. The number of likely N-dealkylation sites (N-methyl/N-ethyl adjacent to an activating group) is 2. The normalized spacial score (nSPS) is 13.9. The summed E-state index contributed by atoms with van der Waals surface area (Å²) >= 11 is 0. The summed E-state index contributed by atoms with van der Waals surface area (Å²) in [5.41, 5.74) is 0. The second-order valence-electron chi connectivity index (χ2n) is 15.2. The van der Waals surface area contributed by atoms with Gasteiger partial charge in [-0.15, -0.1) is 0 Å². The highest BCUT2D eigenvalue weighted by Crippen LogP contribution is 2.13. The van der Waals surface area contributed by atoms with Gasteiger partial charge >= 0.3 is 0 Å². The third-order valence-electron chi connectivity index (χ3n) is 9.09. The molecule has 0 aliphatic carbocycles. The van der Waals surface area contributed by atoms with Crippen LogP contribution in [0.3, 0.4) is 0 Å². The van der Waals surface area contributed by atoms with E-state index in [9.17, 15) is 10.2 Å². The second kappa shape index (κ2) is 30.1. The maximum atomic E-state index is 10.5. The lowest BCUT2D eigenvalue weighted by Gasteiger charge is -2.34. The Morgan fingerprint density at radius 1 is 0.409 bits per heavy atom. The van der Waals surface area contributed by atoms with E-state index in [0.717, 1.165) is 74.0 Å². The summed E-state index contributed by atoms with van der Waals surface area (Å²) in [6.07, 6.45) is 28.0. The quantitative estimate of drug-likeness (QED) is 0.0544. The van der Waals surface area contributed by atoms with Crippen LogP contribution < -0.4 is 0 Å². The molecule has 0 spiro atoms. The van der Waals surface area contributed by atoms with Crippen molar-refractivity contribution in [1.29, 1.82) is 0 Å². The number of aliphatic hydroxyl groups is 2. The van der Waals surface area contributed by atoms with Crippen LogP contribution >= 0.6 is 0 Å². The summed E-state index contributed by atoms with van der Waals surface area (Å²) in [5.74, 6) is 0. The predicted molar refractivity (Wildman–Crippen MR) is 190 cm³/mol. The molecule has 266 valence electrons. The topological polar surface area (TPSA) is 58.9 Å². The van der Waals surface area contributed by atoms with Crippen molar-refractivity contribution in [3.05, 3.63) is 0 Å². The summed E-state index contributed by atoms with van der Waals surface area (Å²) < 4.78 is 13.2. The van der Waals surface area contributed by atoms with Crippen molar-refractivity contribution >= 4 is 0 Å². The van der Waals surface area contributed by atoms with Crippen LogP contribution in [0.5, 0.6) is 0 Å². The molecule has 0 saturated heterocycles. The zero-order valence-corrected chi connectivity index (χ0v) is 31.0. The fourth-order valence-electron chi connectivity index (χ4n) is 6.33. The van der Waals surface area contributed by atoms with Gasteiger partial charge in [-0.25, -0.2) is 0 Å². The average molecular weight is 631 g/mol. The Morgan fingerprint density at radius 2 is 0.682 bits per heavy atom. The van der Waals surface area contributed by atoms with Gasteiger partial charge in [-0.05, 0) is 12.8 Å². The van der Waals surface area contributed by atoms with Gasteiger partial charge in [-0.2, -0.15) is 0 Å². The molecule has 2 atom stereocenters. The molecule has 0 rings (SSSR count). The first-order valence-corrected chi connectivity index (χ1v) is 19.3. The minimum Gasteiger partial charge on any atom is -0.385 e. The van der Waals surface area contributed by atoms with Crippen molar-refractivity contribution in [2.45, 2.75) is 167 Å². The van der Waals surface area contributed by atoms with E-state index in [1.807, 2.05) is 0 Å². The van der Waals surface area contributed by atoms with E-state index in [1.54, 1.807) is 0 Å². The highest BCUT2D eigenvalue weighted by atomic mass is 16.5. The predicted octanol–water partition coefficient (Wildman–Crippen LogP) is 8.52. The van der Waals surface area contributed by atoms with E-state index in [-0.39, 0.29) is 0 Å². The first-order chi connectivity index (χ1) is 21.1. The molecule has 0 aliphatic heterocycles. The smallest absolute Gasteiger partial charge is 0.126 e. The highest BCUT2D eigenvalue weighted by Gasteiger charge is 2.23. The zero-order chi connectivity index (χ0) is 32.8. The molecule has 0 aliphatic rings. The Balaban J connectivity index is 3.74. The molecule has 0 bridgehead atoms. The van der Waals surface area contributed by atoms with E-state index in [2.05, 4.69) is 42.0 Å². The monoisotopic (exact) mass is 631 g/mol. The second-order valence-corrected chi connectivity index (χ2v) is 15.2. The molecule has 0 saturated carbocycles. The summed E-state index contributed by atoms with van der Waals surface area (Å²) in [6, 6.07) is 0. The molecule has 2 unspecified atom stereocenters. The molecule has 0 aromatic rings. The highest BCUT2D eigenvalue weighted by molar-refractivity contribution is 4.56. The fraction of sp³-hybridized carbons (Fsp3) is 1.00. The van der Waals surface area contributed by atoms with Crippen LogP contribution in [0.2, 0.25) is 0 Å². The molecule has 6 nitrogen and oxygen atoms in total. The van der Waals surface area contributed by atoms with Crippen molar-refractivity contribution < 1.29 is 28.7 Å². The van der Waals surface area contributed by atoms with Crippen LogP contribution in [0.1, 0.15) is 155 Å². The van der Waals surface area contributed by atoms with E-state index in [0.29, 0.717) is 13.2 Å². The van der Waals surface area contributed by atoms with Crippen molar-refractivity contribution in [2.75, 3.05) is 80.8 Å². The number of hydrogen-bond acceptors (Lipinski definition) is 4. The van der Waals surface area contributed by atoms with Gasteiger partial charge in [0.15, 0.2) is 0 Å². The minimum atomic E-state index is -0.407. The number of ether oxygens (including phenoxy) is 2. The van der Waals surface area contributed by atoms with Crippen molar-refractivity contribution in [1.82, 2.24) is 0 Å². The van der Waals surface area contributed by atoms with Crippen molar-refractivity contribution in [3.63, 3.8) is 0 Å². The van der Waals surface area contributed by atoms with Crippen LogP contribution in [-0.2, 0) is 9.47 Å². The van der Waals surface area contributed by atoms with Crippen molar-refractivity contribution in [2.24, 2.45) is 0 Å². The first-order valence-electron chi connectivity index (χ1n) is 19.3. The number of quaternary nitrogens is 2. The third-order valence-corrected chi connectivity index (χ3v) is 9.09. The fourth-order valence-corrected chi connectivity index (χ4v) is 6.33. The van der Waals surface area contributed by atoms with E-state index in [4.69, 9.17) is 9.47 Å². The van der Waals surface area contributed by atoms with E-state index in [1.165, 1.54) is 116 Å². The lowest BCUT2D eigenvalue weighted by Crippen LogP contribution is -2.49. The minimum absolute atomic E-state index is 0.407. The Bertz CT molecular complexity index is 537. The van der Waals surface area contributed by atoms with Gasteiger partial charge in [0, 0.05) is 26.1 Å².